The van der Waals surface area contributed by atoms with Crippen molar-refractivity contribution in [1.29, 1.82) is 0 Å². The lowest BCUT2D eigenvalue weighted by molar-refractivity contribution is -0.135. The average molecular weight is 285 g/mol. The SMILES string of the molecule is CC(C(=O)N1CCCCC1)n1cnc(Cl)c(N)c1=O. The highest BCUT2D eigenvalue weighted by Crippen LogP contribution is 2.16. The maximum atomic E-state index is 12.3. The van der Waals surface area contributed by atoms with E-state index in [1.807, 2.05) is 0 Å². The summed E-state index contributed by atoms with van der Waals surface area (Å²) < 4.78 is 1.23. The van der Waals surface area contributed by atoms with Crippen molar-refractivity contribution in [3.63, 3.8) is 0 Å². The van der Waals surface area contributed by atoms with Crippen LogP contribution in [0, 0.1) is 0 Å². The fourth-order valence-electron chi connectivity index (χ4n) is 2.24. The fourth-order valence-corrected chi connectivity index (χ4v) is 2.36. The highest BCUT2D eigenvalue weighted by Gasteiger charge is 2.24. The number of hydrogen-bond acceptors (Lipinski definition) is 4. The Labute approximate surface area is 116 Å². The second kappa shape index (κ2) is 5.61. The molecule has 0 spiro atoms. The molecule has 7 heteroatoms. The Morgan fingerprint density at radius 3 is 2.68 bits per heavy atom. The fraction of sp³-hybridized carbons (Fsp3) is 0.583. The number of rotatable bonds is 2. The number of nitrogen functional groups attached to an aromatic ring is 1. The van der Waals surface area contributed by atoms with E-state index in [-0.39, 0.29) is 16.7 Å². The molecular weight excluding hydrogens is 268 g/mol. The van der Waals surface area contributed by atoms with E-state index < -0.39 is 11.6 Å². The summed E-state index contributed by atoms with van der Waals surface area (Å²) in [6.07, 6.45) is 4.43. The van der Waals surface area contributed by atoms with E-state index in [9.17, 15) is 9.59 Å². The zero-order valence-corrected chi connectivity index (χ0v) is 11.6. The van der Waals surface area contributed by atoms with Crippen LogP contribution in [0.4, 0.5) is 5.69 Å². The molecule has 0 aromatic carbocycles. The van der Waals surface area contributed by atoms with Gasteiger partial charge in [-0.05, 0) is 26.2 Å². The molecule has 1 atom stereocenters. The van der Waals surface area contributed by atoms with Gasteiger partial charge in [0.1, 0.15) is 18.1 Å². The summed E-state index contributed by atoms with van der Waals surface area (Å²) in [6.45, 7) is 3.16. The van der Waals surface area contributed by atoms with Crippen molar-refractivity contribution in [3.05, 3.63) is 21.8 Å². The minimum absolute atomic E-state index is 0.0288. The second-order valence-corrected chi connectivity index (χ2v) is 5.08. The number of carbonyl (C=O) groups is 1. The molecule has 1 saturated heterocycles. The standard InChI is InChI=1S/C12H17ClN4O2/c1-8(11(18)16-5-3-2-4-6-16)17-7-15-10(13)9(14)12(17)19/h7-8H,2-6,14H2,1H3. The van der Waals surface area contributed by atoms with Crippen molar-refractivity contribution in [2.75, 3.05) is 18.8 Å². The highest BCUT2D eigenvalue weighted by molar-refractivity contribution is 6.31. The molecule has 1 unspecified atom stereocenters. The Kier molecular flexibility index (Phi) is 4.09. The predicted molar refractivity (Wildman–Crippen MR) is 73.1 cm³/mol. The summed E-state index contributed by atoms with van der Waals surface area (Å²) in [5.41, 5.74) is 4.95. The summed E-state index contributed by atoms with van der Waals surface area (Å²) in [5, 5.41) is -0.0288. The molecule has 0 saturated carbocycles. The number of halogens is 1. The van der Waals surface area contributed by atoms with Crippen LogP contribution in [0.1, 0.15) is 32.2 Å². The lowest BCUT2D eigenvalue weighted by Gasteiger charge is -2.29. The van der Waals surface area contributed by atoms with Gasteiger partial charge in [0.2, 0.25) is 5.91 Å². The van der Waals surface area contributed by atoms with E-state index in [1.54, 1.807) is 11.8 Å². The molecule has 2 heterocycles. The van der Waals surface area contributed by atoms with Crippen molar-refractivity contribution >= 4 is 23.2 Å². The van der Waals surface area contributed by atoms with Gasteiger partial charge in [-0.25, -0.2) is 4.98 Å². The zero-order valence-electron chi connectivity index (χ0n) is 10.8. The maximum absolute atomic E-state index is 12.3. The normalized spacial score (nSPS) is 17.3. The molecule has 104 valence electrons. The van der Waals surface area contributed by atoms with Gasteiger partial charge in [-0.15, -0.1) is 0 Å². The summed E-state index contributed by atoms with van der Waals surface area (Å²) >= 11 is 5.67. The van der Waals surface area contributed by atoms with Gasteiger partial charge in [-0.1, -0.05) is 11.6 Å². The minimum atomic E-state index is -0.613. The van der Waals surface area contributed by atoms with Gasteiger partial charge in [0, 0.05) is 13.1 Å². The minimum Gasteiger partial charge on any atom is -0.392 e. The van der Waals surface area contributed by atoms with E-state index in [0.717, 1.165) is 32.4 Å². The molecule has 0 radical (unpaired) electrons. The van der Waals surface area contributed by atoms with Crippen molar-refractivity contribution in [2.45, 2.75) is 32.2 Å². The van der Waals surface area contributed by atoms with Gasteiger partial charge in [-0.2, -0.15) is 0 Å². The molecule has 0 aliphatic carbocycles. The average Bonchev–Trinajstić information content (AvgIpc) is 2.44. The van der Waals surface area contributed by atoms with Crippen LogP contribution >= 0.6 is 11.6 Å². The molecule has 19 heavy (non-hydrogen) atoms. The van der Waals surface area contributed by atoms with Crippen molar-refractivity contribution < 1.29 is 4.79 Å². The van der Waals surface area contributed by atoms with Crippen LogP contribution in [0.15, 0.2) is 11.1 Å². The number of piperidine rings is 1. The largest absolute Gasteiger partial charge is 0.392 e. The van der Waals surface area contributed by atoms with Crippen LogP contribution < -0.4 is 11.3 Å². The zero-order chi connectivity index (χ0) is 14.0. The Hall–Kier alpha value is -1.56. The molecule has 1 aliphatic heterocycles. The number of likely N-dealkylation sites (tertiary alicyclic amines) is 1. The maximum Gasteiger partial charge on any atom is 0.278 e. The summed E-state index contributed by atoms with van der Waals surface area (Å²) in [6, 6.07) is -0.613. The first kappa shape index (κ1) is 13.9. The Balaban J connectivity index is 2.24. The van der Waals surface area contributed by atoms with Gasteiger partial charge in [0.15, 0.2) is 5.15 Å². The van der Waals surface area contributed by atoms with Crippen molar-refractivity contribution in [1.82, 2.24) is 14.5 Å². The summed E-state index contributed by atoms with van der Waals surface area (Å²) in [7, 11) is 0. The Bertz CT molecular complexity index is 537. The van der Waals surface area contributed by atoms with E-state index in [2.05, 4.69) is 4.98 Å². The second-order valence-electron chi connectivity index (χ2n) is 4.72. The summed E-state index contributed by atoms with van der Waals surface area (Å²) in [5.74, 6) is -0.0784. The van der Waals surface area contributed by atoms with Gasteiger partial charge >= 0.3 is 0 Å². The highest BCUT2D eigenvalue weighted by atomic mass is 35.5. The smallest absolute Gasteiger partial charge is 0.278 e. The van der Waals surface area contributed by atoms with Crippen LogP contribution in [-0.4, -0.2) is 33.4 Å². The Morgan fingerprint density at radius 1 is 1.42 bits per heavy atom. The Morgan fingerprint density at radius 2 is 2.05 bits per heavy atom. The third-order valence-corrected chi connectivity index (χ3v) is 3.73. The molecule has 1 amide bonds. The molecule has 1 aromatic rings. The third kappa shape index (κ3) is 2.73. The van der Waals surface area contributed by atoms with Gasteiger partial charge < -0.3 is 10.6 Å². The van der Waals surface area contributed by atoms with Crippen LogP contribution in [0.25, 0.3) is 0 Å². The molecule has 2 rings (SSSR count). The third-order valence-electron chi connectivity index (χ3n) is 3.43. The van der Waals surface area contributed by atoms with E-state index in [1.165, 1.54) is 10.9 Å². The van der Waals surface area contributed by atoms with Gasteiger partial charge in [0.05, 0.1) is 0 Å². The van der Waals surface area contributed by atoms with Gasteiger partial charge in [0.25, 0.3) is 5.56 Å². The number of hydrogen-bond donors (Lipinski definition) is 1. The number of aromatic nitrogens is 2. The monoisotopic (exact) mass is 284 g/mol. The quantitative estimate of drug-likeness (QED) is 0.823. The first-order valence-electron chi connectivity index (χ1n) is 6.33. The summed E-state index contributed by atoms with van der Waals surface area (Å²) in [4.78, 5) is 29.9. The van der Waals surface area contributed by atoms with Crippen LogP contribution in [0.3, 0.4) is 0 Å². The van der Waals surface area contributed by atoms with Crippen molar-refractivity contribution in [2.24, 2.45) is 0 Å². The molecule has 1 aromatic heterocycles. The first-order chi connectivity index (χ1) is 9.02. The number of nitrogens with two attached hydrogens (primary N) is 1. The molecular formula is C12H17ClN4O2. The topological polar surface area (TPSA) is 81.2 Å². The van der Waals surface area contributed by atoms with E-state index >= 15 is 0 Å². The van der Waals surface area contributed by atoms with Crippen LogP contribution in [0.2, 0.25) is 5.15 Å². The lowest BCUT2D eigenvalue weighted by Crippen LogP contribution is -2.42. The first-order valence-corrected chi connectivity index (χ1v) is 6.71. The number of carbonyl (C=O) groups excluding carboxylic acids is 1. The molecule has 0 bridgehead atoms. The molecule has 6 nitrogen and oxygen atoms in total. The van der Waals surface area contributed by atoms with Crippen molar-refractivity contribution in [3.8, 4) is 0 Å². The molecule has 1 fully saturated rings. The lowest BCUT2D eigenvalue weighted by atomic mass is 10.1. The van der Waals surface area contributed by atoms with E-state index in [4.69, 9.17) is 17.3 Å². The number of amides is 1. The predicted octanol–water partition coefficient (Wildman–Crippen LogP) is 1.05. The van der Waals surface area contributed by atoms with E-state index in [0.29, 0.717) is 0 Å². The van der Waals surface area contributed by atoms with Crippen LogP contribution in [-0.2, 0) is 4.79 Å². The number of nitrogens with zero attached hydrogens (tertiary/aromatic N) is 3. The molecule has 1 aliphatic rings. The number of anilines is 1. The van der Waals surface area contributed by atoms with Crippen LogP contribution in [0.5, 0.6) is 0 Å². The van der Waals surface area contributed by atoms with Gasteiger partial charge in [-0.3, -0.25) is 14.2 Å². The molecule has 2 N–H and O–H groups in total.